The molecule has 0 saturated heterocycles. The molecule has 0 amide bonds. The molecule has 0 aliphatic carbocycles. The minimum absolute atomic E-state index is 0.734. The van der Waals surface area contributed by atoms with Gasteiger partial charge >= 0.3 is 0 Å². The van der Waals surface area contributed by atoms with E-state index in [1.54, 1.807) is 7.11 Å². The van der Waals surface area contributed by atoms with Gasteiger partial charge in [0, 0.05) is 20.1 Å². The smallest absolute Gasteiger partial charge is 0.145 e. The Balaban J connectivity index is 4.80. The molecule has 1 nitrogen and oxygen atoms in total. The first-order chi connectivity index (χ1) is 7.89. The third kappa shape index (κ3) is 4.48. The van der Waals surface area contributed by atoms with E-state index < -0.39 is 8.07 Å². The lowest BCUT2D eigenvalue weighted by Crippen LogP contribution is -2.43. The highest BCUT2D eigenvalue weighted by atomic mass is 28.3. The average Bonchev–Trinajstić information content (AvgIpc) is 2.21. The predicted octanol–water partition coefficient (Wildman–Crippen LogP) is 4.63. The van der Waals surface area contributed by atoms with Crippen LogP contribution in [-0.4, -0.2) is 21.8 Å². The second kappa shape index (κ2) is 7.95. The van der Waals surface area contributed by atoms with Crippen LogP contribution in [0.25, 0.3) is 0 Å². The zero-order valence-corrected chi connectivity index (χ0v) is 13.8. The van der Waals surface area contributed by atoms with E-state index >= 15 is 0 Å². The summed E-state index contributed by atoms with van der Waals surface area (Å²) in [6.07, 6.45) is 2.04. The highest BCUT2D eigenvalue weighted by Crippen LogP contribution is 2.40. The van der Waals surface area contributed by atoms with Crippen molar-refractivity contribution in [2.75, 3.05) is 13.7 Å². The first kappa shape index (κ1) is 16.7. The summed E-state index contributed by atoms with van der Waals surface area (Å²) >= 11 is 0. The summed E-state index contributed by atoms with van der Waals surface area (Å²) in [5.41, 5.74) is 5.92. The Labute approximate surface area is 109 Å². The quantitative estimate of drug-likeness (QED) is 0.381. The molecule has 0 rings (SSSR count). The maximum atomic E-state index is 5.06. The van der Waals surface area contributed by atoms with Crippen LogP contribution in [0.1, 0.15) is 54.4 Å². The van der Waals surface area contributed by atoms with Crippen molar-refractivity contribution in [1.29, 1.82) is 0 Å². The van der Waals surface area contributed by atoms with Crippen molar-refractivity contribution in [3.63, 3.8) is 0 Å². The third-order valence-corrected chi connectivity index (χ3v) is 10.2. The first-order valence-electron chi connectivity index (χ1n) is 6.88. The fourth-order valence-corrected chi connectivity index (χ4v) is 8.25. The SMILES string of the molecule is COCCCC#C[Si](C(C)C)(C(C)C)C(C)C. The molecule has 0 N–H and O–H groups in total. The molecular formula is C15H30OSi. The summed E-state index contributed by atoms with van der Waals surface area (Å²) in [5.74, 6) is 3.44. The van der Waals surface area contributed by atoms with Crippen LogP contribution in [0, 0.1) is 11.5 Å². The van der Waals surface area contributed by atoms with Crippen molar-refractivity contribution >= 4 is 8.07 Å². The maximum absolute atomic E-state index is 5.06. The van der Waals surface area contributed by atoms with Crippen LogP contribution in [0.4, 0.5) is 0 Å². The summed E-state index contributed by atoms with van der Waals surface area (Å²) in [6.45, 7) is 15.0. The normalized spacial score (nSPS) is 12.1. The molecule has 17 heavy (non-hydrogen) atoms. The Morgan fingerprint density at radius 3 is 1.76 bits per heavy atom. The molecule has 0 aromatic carbocycles. The Kier molecular flexibility index (Phi) is 7.82. The van der Waals surface area contributed by atoms with Crippen LogP contribution < -0.4 is 0 Å². The second-order valence-electron chi connectivity index (χ2n) is 5.80. The zero-order valence-electron chi connectivity index (χ0n) is 12.8. The lowest BCUT2D eigenvalue weighted by atomic mass is 10.3. The first-order valence-corrected chi connectivity index (χ1v) is 9.11. The van der Waals surface area contributed by atoms with Gasteiger partial charge in [0.15, 0.2) is 0 Å². The molecule has 0 aromatic heterocycles. The highest BCUT2D eigenvalue weighted by Gasteiger charge is 2.41. The van der Waals surface area contributed by atoms with Crippen molar-refractivity contribution in [1.82, 2.24) is 0 Å². The van der Waals surface area contributed by atoms with E-state index in [9.17, 15) is 0 Å². The van der Waals surface area contributed by atoms with Crippen molar-refractivity contribution in [3.8, 4) is 11.5 Å². The van der Waals surface area contributed by atoms with E-state index in [0.29, 0.717) is 0 Å². The van der Waals surface area contributed by atoms with E-state index in [2.05, 4.69) is 53.0 Å². The van der Waals surface area contributed by atoms with Crippen LogP contribution in [0.15, 0.2) is 0 Å². The minimum Gasteiger partial charge on any atom is -0.385 e. The van der Waals surface area contributed by atoms with Gasteiger partial charge in [-0.05, 0) is 23.0 Å². The van der Waals surface area contributed by atoms with Crippen LogP contribution in [0.2, 0.25) is 16.6 Å². The molecule has 0 atom stereocenters. The molecule has 2 heteroatoms. The molecule has 0 spiro atoms. The third-order valence-electron chi connectivity index (χ3n) is 3.82. The van der Waals surface area contributed by atoms with E-state index in [0.717, 1.165) is 36.1 Å². The van der Waals surface area contributed by atoms with E-state index in [1.165, 1.54) is 0 Å². The number of unbranched alkanes of at least 4 members (excludes halogenated alkanes) is 1. The molecule has 0 fully saturated rings. The van der Waals surface area contributed by atoms with Crippen molar-refractivity contribution < 1.29 is 4.74 Å². The fourth-order valence-electron chi connectivity index (χ4n) is 2.95. The lowest BCUT2D eigenvalue weighted by molar-refractivity contribution is 0.196. The zero-order chi connectivity index (χ0) is 13.5. The van der Waals surface area contributed by atoms with Gasteiger partial charge in [-0.3, -0.25) is 0 Å². The van der Waals surface area contributed by atoms with Gasteiger partial charge in [-0.1, -0.05) is 41.5 Å². The van der Waals surface area contributed by atoms with E-state index in [-0.39, 0.29) is 0 Å². The topological polar surface area (TPSA) is 9.23 Å². The van der Waals surface area contributed by atoms with Gasteiger partial charge < -0.3 is 4.74 Å². The molecule has 0 unspecified atom stereocenters. The Morgan fingerprint density at radius 2 is 1.41 bits per heavy atom. The van der Waals surface area contributed by atoms with Gasteiger partial charge in [0.05, 0.1) is 0 Å². The standard InChI is InChI=1S/C15H30OSi/c1-13(2)17(14(3)4,15(5)6)12-10-8-9-11-16-7/h13-15H,8-9,11H2,1-7H3. The van der Waals surface area contributed by atoms with Crippen LogP contribution in [0.3, 0.4) is 0 Å². The fraction of sp³-hybridized carbons (Fsp3) is 0.867. The highest BCUT2D eigenvalue weighted by molar-refractivity contribution is 6.90. The Hall–Kier alpha value is -0.263. The molecule has 0 radical (unpaired) electrons. The van der Waals surface area contributed by atoms with E-state index in [4.69, 9.17) is 4.74 Å². The molecule has 0 heterocycles. The number of ether oxygens (including phenoxy) is 1. The molecule has 0 aliphatic heterocycles. The van der Waals surface area contributed by atoms with Gasteiger partial charge in [0.25, 0.3) is 0 Å². The summed E-state index contributed by atoms with van der Waals surface area (Å²) < 4.78 is 5.06. The Bertz CT molecular complexity index is 236. The molecule has 0 saturated carbocycles. The monoisotopic (exact) mass is 254 g/mol. The molecular weight excluding hydrogens is 224 g/mol. The largest absolute Gasteiger partial charge is 0.385 e. The number of rotatable bonds is 6. The summed E-state index contributed by atoms with van der Waals surface area (Å²) in [6, 6.07) is 0. The summed E-state index contributed by atoms with van der Waals surface area (Å²) in [5, 5.41) is 0. The van der Waals surface area contributed by atoms with Crippen molar-refractivity contribution in [2.45, 2.75) is 71.0 Å². The molecule has 0 bridgehead atoms. The van der Waals surface area contributed by atoms with E-state index in [1.807, 2.05) is 0 Å². The maximum Gasteiger partial charge on any atom is 0.145 e. The van der Waals surface area contributed by atoms with Gasteiger partial charge in [-0.25, -0.2) is 0 Å². The van der Waals surface area contributed by atoms with Gasteiger partial charge in [-0.15, -0.1) is 11.5 Å². The molecule has 0 aliphatic rings. The van der Waals surface area contributed by atoms with Gasteiger partial charge in [-0.2, -0.15) is 0 Å². The Morgan fingerprint density at radius 1 is 0.941 bits per heavy atom. The summed E-state index contributed by atoms with van der Waals surface area (Å²) in [7, 11) is 0.263. The van der Waals surface area contributed by atoms with Crippen molar-refractivity contribution in [3.05, 3.63) is 0 Å². The molecule has 0 aromatic rings. The predicted molar refractivity (Wildman–Crippen MR) is 79.9 cm³/mol. The van der Waals surface area contributed by atoms with Gasteiger partial charge in [0.1, 0.15) is 8.07 Å². The van der Waals surface area contributed by atoms with Crippen LogP contribution in [-0.2, 0) is 4.74 Å². The van der Waals surface area contributed by atoms with Crippen LogP contribution >= 0.6 is 0 Å². The van der Waals surface area contributed by atoms with Crippen LogP contribution in [0.5, 0.6) is 0 Å². The minimum atomic E-state index is -1.49. The number of hydrogen-bond acceptors (Lipinski definition) is 1. The second-order valence-corrected chi connectivity index (χ2v) is 11.4. The number of methoxy groups -OCH3 is 1. The average molecular weight is 254 g/mol. The van der Waals surface area contributed by atoms with Gasteiger partial charge in [0.2, 0.25) is 0 Å². The summed E-state index contributed by atoms with van der Waals surface area (Å²) in [4.78, 5) is 0. The van der Waals surface area contributed by atoms with Crippen molar-refractivity contribution in [2.24, 2.45) is 0 Å². The number of hydrogen-bond donors (Lipinski definition) is 0. The molecule has 100 valence electrons. The lowest BCUT2D eigenvalue weighted by Gasteiger charge is -2.38.